The first-order valence-corrected chi connectivity index (χ1v) is 14.5. The van der Waals surface area contributed by atoms with Crippen LogP contribution in [0.1, 0.15) is 78.8 Å². The third-order valence-corrected chi connectivity index (χ3v) is 8.23. The summed E-state index contributed by atoms with van der Waals surface area (Å²) in [5.41, 5.74) is 3.61. The van der Waals surface area contributed by atoms with Crippen LogP contribution in [0.4, 0.5) is 15.0 Å². The van der Waals surface area contributed by atoms with E-state index in [2.05, 4.69) is 20.5 Å². The van der Waals surface area contributed by atoms with E-state index in [4.69, 9.17) is 4.98 Å². The zero-order valence-corrected chi connectivity index (χ0v) is 23.6. The Bertz CT molecular complexity index is 1680. The fraction of sp³-hybridized carbons (Fsp3) is 0.400. The van der Waals surface area contributed by atoms with E-state index in [0.29, 0.717) is 35.2 Å². The second-order valence-electron chi connectivity index (χ2n) is 11.5. The van der Waals surface area contributed by atoms with Gasteiger partial charge in [0.15, 0.2) is 5.82 Å². The summed E-state index contributed by atoms with van der Waals surface area (Å²) >= 11 is 0. The van der Waals surface area contributed by atoms with Gasteiger partial charge in [0.1, 0.15) is 23.7 Å². The largest absolute Gasteiger partial charge is 0.325 e. The summed E-state index contributed by atoms with van der Waals surface area (Å²) in [5.74, 6) is -0.0731. The lowest BCUT2D eigenvalue weighted by atomic mass is 10.1. The van der Waals surface area contributed by atoms with Crippen LogP contribution in [0.5, 0.6) is 0 Å². The summed E-state index contributed by atoms with van der Waals surface area (Å²) in [5, 5.41) is 10.9. The van der Waals surface area contributed by atoms with Crippen molar-refractivity contribution in [1.82, 2.24) is 39.1 Å². The van der Waals surface area contributed by atoms with Crippen LogP contribution in [-0.4, -0.2) is 64.1 Å². The molecule has 216 valence electrons. The predicted octanol–water partition coefficient (Wildman–Crippen LogP) is 4.91. The van der Waals surface area contributed by atoms with Gasteiger partial charge >= 0.3 is 6.03 Å². The third-order valence-electron chi connectivity index (χ3n) is 8.23. The quantitative estimate of drug-likeness (QED) is 0.366. The molecule has 3 aromatic heterocycles. The number of hydrogen-bond acceptors (Lipinski definition) is 6. The van der Waals surface area contributed by atoms with Crippen LogP contribution < -0.4 is 5.32 Å². The number of anilines is 1. The molecule has 2 aliphatic heterocycles. The standard InChI is InChI=1S/C30H32FN9O2/c1-18(2)39-17-33-36-28(39)23-6-5-7-26(34-23)35-29(41)21-13-24-20(12-22(21)31)14-38(30(42)37-10-3-4-11-37)15-25-27(19-8-9-19)32-16-40(24)25/h5-7,12-13,16-19H,3-4,8-11,14-15H2,1-2H3,(H,34,35,41). The molecule has 4 aromatic rings. The lowest BCUT2D eigenvalue weighted by Gasteiger charge is -2.27. The molecular formula is C30H32FN9O2. The fourth-order valence-electron chi connectivity index (χ4n) is 5.88. The number of fused-ring (bicyclic) bond motifs is 3. The molecule has 2 fully saturated rings. The average molecular weight is 570 g/mol. The summed E-state index contributed by atoms with van der Waals surface area (Å²) in [6, 6.07) is 8.20. The highest BCUT2D eigenvalue weighted by Gasteiger charge is 2.35. The minimum atomic E-state index is -0.665. The molecule has 11 nitrogen and oxygen atoms in total. The average Bonchev–Trinajstić information content (AvgIpc) is 3.35. The second kappa shape index (κ2) is 10.3. The summed E-state index contributed by atoms with van der Waals surface area (Å²) < 4.78 is 19.4. The lowest BCUT2D eigenvalue weighted by Crippen LogP contribution is -2.40. The number of benzene rings is 1. The van der Waals surface area contributed by atoms with Gasteiger partial charge in [-0.2, -0.15) is 0 Å². The van der Waals surface area contributed by atoms with Crippen molar-refractivity contribution in [2.24, 2.45) is 0 Å². The van der Waals surface area contributed by atoms with Gasteiger partial charge in [-0.3, -0.25) is 4.79 Å². The van der Waals surface area contributed by atoms with Crippen molar-refractivity contribution in [3.05, 3.63) is 71.3 Å². The van der Waals surface area contributed by atoms with E-state index in [9.17, 15) is 9.59 Å². The van der Waals surface area contributed by atoms with Crippen LogP contribution in [0.3, 0.4) is 0 Å². The third kappa shape index (κ3) is 4.70. The maximum Gasteiger partial charge on any atom is 0.320 e. The number of nitrogens with one attached hydrogen (secondary N) is 1. The molecule has 0 atom stereocenters. The number of nitrogens with zero attached hydrogens (tertiary/aromatic N) is 8. The van der Waals surface area contributed by atoms with E-state index in [0.717, 1.165) is 50.2 Å². The minimum absolute atomic E-state index is 0.0451. The van der Waals surface area contributed by atoms with Crippen molar-refractivity contribution in [1.29, 1.82) is 0 Å². The Balaban J connectivity index is 1.22. The Morgan fingerprint density at radius 2 is 1.86 bits per heavy atom. The van der Waals surface area contributed by atoms with Crippen molar-refractivity contribution in [2.75, 3.05) is 18.4 Å². The molecule has 3 amide bonds. The van der Waals surface area contributed by atoms with Gasteiger partial charge in [-0.25, -0.2) is 19.2 Å². The van der Waals surface area contributed by atoms with Crippen LogP contribution in [0, 0.1) is 5.82 Å². The van der Waals surface area contributed by atoms with Gasteiger partial charge in [-0.1, -0.05) is 6.07 Å². The first-order valence-electron chi connectivity index (χ1n) is 14.5. The molecule has 1 N–H and O–H groups in total. The Kier molecular flexibility index (Phi) is 6.47. The van der Waals surface area contributed by atoms with Gasteiger partial charge in [-0.15, -0.1) is 10.2 Å². The lowest BCUT2D eigenvalue weighted by molar-refractivity contribution is 0.102. The monoisotopic (exact) mass is 569 g/mol. The molecule has 1 aromatic carbocycles. The van der Waals surface area contributed by atoms with Gasteiger partial charge in [0.25, 0.3) is 5.91 Å². The normalized spacial score (nSPS) is 16.4. The summed E-state index contributed by atoms with van der Waals surface area (Å²) in [6.07, 6.45) is 7.48. The maximum atomic E-state index is 15.6. The summed E-state index contributed by atoms with van der Waals surface area (Å²) in [6.45, 7) is 6.12. The molecule has 1 aliphatic carbocycles. The highest BCUT2D eigenvalue weighted by atomic mass is 19.1. The molecule has 0 bridgehead atoms. The second-order valence-corrected chi connectivity index (χ2v) is 11.5. The molecule has 0 unspecified atom stereocenters. The van der Waals surface area contributed by atoms with Crippen LogP contribution >= 0.6 is 0 Å². The number of carbonyl (C=O) groups is 2. The predicted molar refractivity (Wildman–Crippen MR) is 153 cm³/mol. The minimum Gasteiger partial charge on any atom is -0.325 e. The van der Waals surface area contributed by atoms with Crippen molar-refractivity contribution in [3.8, 4) is 17.2 Å². The van der Waals surface area contributed by atoms with Gasteiger partial charge in [0.05, 0.1) is 42.1 Å². The molecular weight excluding hydrogens is 537 g/mol. The number of urea groups is 1. The molecule has 1 saturated carbocycles. The molecule has 0 spiro atoms. The van der Waals surface area contributed by atoms with E-state index in [-0.39, 0.29) is 30.0 Å². The van der Waals surface area contributed by atoms with Crippen LogP contribution in [0.2, 0.25) is 0 Å². The topological polar surface area (TPSA) is 114 Å². The van der Waals surface area contributed by atoms with Crippen molar-refractivity contribution >= 4 is 17.8 Å². The molecule has 3 aliphatic rings. The fourth-order valence-corrected chi connectivity index (χ4v) is 5.88. The van der Waals surface area contributed by atoms with Crippen LogP contribution in [-0.2, 0) is 13.1 Å². The number of pyridine rings is 1. The summed E-state index contributed by atoms with van der Waals surface area (Å²) in [4.78, 5) is 39.8. The van der Waals surface area contributed by atoms with E-state index in [1.807, 2.05) is 27.9 Å². The van der Waals surface area contributed by atoms with Gasteiger partial charge in [0.2, 0.25) is 0 Å². The first-order chi connectivity index (χ1) is 20.4. The van der Waals surface area contributed by atoms with Gasteiger partial charge in [0, 0.05) is 25.0 Å². The molecule has 12 heteroatoms. The molecule has 0 radical (unpaired) electrons. The van der Waals surface area contributed by atoms with Gasteiger partial charge in [-0.05, 0) is 69.4 Å². The van der Waals surface area contributed by atoms with E-state index in [1.165, 1.54) is 6.07 Å². The summed E-state index contributed by atoms with van der Waals surface area (Å²) in [7, 11) is 0. The van der Waals surface area contributed by atoms with Crippen LogP contribution in [0.15, 0.2) is 43.0 Å². The molecule has 7 rings (SSSR count). The number of amides is 3. The number of aromatic nitrogens is 6. The van der Waals surface area contributed by atoms with Crippen molar-refractivity contribution in [3.63, 3.8) is 0 Å². The molecule has 1 saturated heterocycles. The van der Waals surface area contributed by atoms with Crippen molar-refractivity contribution < 1.29 is 14.0 Å². The Morgan fingerprint density at radius 1 is 1.05 bits per heavy atom. The smallest absolute Gasteiger partial charge is 0.320 e. The Morgan fingerprint density at radius 3 is 2.62 bits per heavy atom. The first kappa shape index (κ1) is 26.3. The van der Waals surface area contributed by atoms with Gasteiger partial charge < -0.3 is 24.3 Å². The SMILES string of the molecule is CC(C)n1cnnc1-c1cccc(NC(=O)c2cc3c(cc2F)CN(C(=O)N2CCCC2)Cc2c(C4CC4)ncn2-3)n1. The zero-order valence-electron chi connectivity index (χ0n) is 23.6. The zero-order chi connectivity index (χ0) is 29.0. The number of rotatable bonds is 5. The number of carbonyl (C=O) groups excluding carboxylic acids is 2. The number of halogens is 1. The van der Waals surface area contributed by atoms with E-state index < -0.39 is 11.7 Å². The highest BCUT2D eigenvalue weighted by Crippen LogP contribution is 2.42. The number of imidazole rings is 1. The Labute approximate surface area is 242 Å². The van der Waals surface area contributed by atoms with E-state index in [1.54, 1.807) is 41.8 Å². The number of hydrogen-bond donors (Lipinski definition) is 1. The Hall–Kier alpha value is -4.61. The highest BCUT2D eigenvalue weighted by molar-refractivity contribution is 6.04. The van der Waals surface area contributed by atoms with Crippen molar-refractivity contribution in [2.45, 2.75) is 64.6 Å². The number of likely N-dealkylation sites (tertiary alicyclic amines) is 1. The molecule has 5 heterocycles. The van der Waals surface area contributed by atoms with E-state index >= 15 is 4.39 Å². The maximum absolute atomic E-state index is 15.6. The molecule has 42 heavy (non-hydrogen) atoms. The van der Waals surface area contributed by atoms with Crippen LogP contribution in [0.25, 0.3) is 17.2 Å².